The zero-order chi connectivity index (χ0) is 18.2. The summed E-state index contributed by atoms with van der Waals surface area (Å²) in [4.78, 5) is 25.0. The highest BCUT2D eigenvalue weighted by Crippen LogP contribution is 2.19. The highest BCUT2D eigenvalue weighted by molar-refractivity contribution is 5.95. The third-order valence-corrected chi connectivity index (χ3v) is 3.99. The molecule has 0 bridgehead atoms. The molecule has 0 saturated heterocycles. The van der Waals surface area contributed by atoms with Crippen LogP contribution in [0.15, 0.2) is 91.0 Å². The number of benzene rings is 3. The van der Waals surface area contributed by atoms with Crippen LogP contribution >= 0.6 is 0 Å². The standard InChI is InChI=1S/C22H20N2O2/c25-21(23-19-14-8-3-9-15-19)16-20(17-10-4-1-5-11-17)24-22(26)18-12-6-2-7-13-18/h1-15,20H,16H2,(H,23,25)(H,24,26)/t20-/m0/s1. The van der Waals surface area contributed by atoms with Crippen LogP contribution in [-0.2, 0) is 4.79 Å². The molecule has 0 saturated carbocycles. The summed E-state index contributed by atoms with van der Waals surface area (Å²) in [6.45, 7) is 0. The Kier molecular flexibility index (Phi) is 5.78. The average molecular weight is 344 g/mol. The topological polar surface area (TPSA) is 58.2 Å². The van der Waals surface area contributed by atoms with E-state index in [2.05, 4.69) is 10.6 Å². The van der Waals surface area contributed by atoms with Gasteiger partial charge in [0.25, 0.3) is 5.91 Å². The van der Waals surface area contributed by atoms with E-state index >= 15 is 0 Å². The lowest BCUT2D eigenvalue weighted by atomic mass is 10.0. The molecule has 4 nitrogen and oxygen atoms in total. The van der Waals surface area contributed by atoms with E-state index in [-0.39, 0.29) is 18.2 Å². The molecule has 0 spiro atoms. The van der Waals surface area contributed by atoms with Crippen molar-refractivity contribution in [2.75, 3.05) is 5.32 Å². The first-order chi connectivity index (χ1) is 12.7. The lowest BCUT2D eigenvalue weighted by molar-refractivity contribution is -0.116. The molecule has 4 heteroatoms. The maximum absolute atomic E-state index is 12.5. The van der Waals surface area contributed by atoms with Gasteiger partial charge in [0.2, 0.25) is 5.91 Å². The normalized spacial score (nSPS) is 11.4. The molecule has 2 amide bonds. The molecule has 0 fully saturated rings. The lowest BCUT2D eigenvalue weighted by Crippen LogP contribution is -2.31. The predicted octanol–water partition coefficient (Wildman–Crippen LogP) is 4.19. The molecule has 0 aliphatic rings. The van der Waals surface area contributed by atoms with Gasteiger partial charge in [-0.25, -0.2) is 0 Å². The summed E-state index contributed by atoms with van der Waals surface area (Å²) < 4.78 is 0. The molecule has 3 rings (SSSR count). The van der Waals surface area contributed by atoms with Crippen molar-refractivity contribution in [2.45, 2.75) is 12.5 Å². The molecule has 0 aliphatic heterocycles. The van der Waals surface area contributed by atoms with Crippen LogP contribution in [0.25, 0.3) is 0 Å². The Morgan fingerprint density at radius 3 is 1.88 bits per heavy atom. The van der Waals surface area contributed by atoms with E-state index in [1.807, 2.05) is 78.9 Å². The Hall–Kier alpha value is -3.40. The van der Waals surface area contributed by atoms with Gasteiger partial charge >= 0.3 is 0 Å². The Morgan fingerprint density at radius 1 is 0.731 bits per heavy atom. The van der Waals surface area contributed by atoms with Crippen molar-refractivity contribution in [1.82, 2.24) is 5.32 Å². The Balaban J connectivity index is 1.73. The smallest absolute Gasteiger partial charge is 0.251 e. The molecule has 3 aromatic carbocycles. The van der Waals surface area contributed by atoms with Crippen molar-refractivity contribution < 1.29 is 9.59 Å². The van der Waals surface area contributed by atoms with E-state index in [0.29, 0.717) is 5.56 Å². The van der Waals surface area contributed by atoms with Gasteiger partial charge in [0.1, 0.15) is 0 Å². The minimum atomic E-state index is -0.410. The molecule has 0 radical (unpaired) electrons. The highest BCUT2D eigenvalue weighted by atomic mass is 16.2. The van der Waals surface area contributed by atoms with Gasteiger partial charge in [-0.15, -0.1) is 0 Å². The second-order valence-electron chi connectivity index (χ2n) is 5.92. The van der Waals surface area contributed by atoms with Gasteiger partial charge < -0.3 is 10.6 Å². The van der Waals surface area contributed by atoms with E-state index < -0.39 is 6.04 Å². The van der Waals surface area contributed by atoms with Crippen molar-refractivity contribution in [1.29, 1.82) is 0 Å². The minimum Gasteiger partial charge on any atom is -0.345 e. The monoisotopic (exact) mass is 344 g/mol. The van der Waals surface area contributed by atoms with Crippen LogP contribution in [0.2, 0.25) is 0 Å². The van der Waals surface area contributed by atoms with Crippen LogP contribution < -0.4 is 10.6 Å². The Labute approximate surface area is 152 Å². The molecule has 130 valence electrons. The number of anilines is 1. The quantitative estimate of drug-likeness (QED) is 0.704. The number of carbonyl (C=O) groups excluding carboxylic acids is 2. The number of nitrogens with one attached hydrogen (secondary N) is 2. The molecule has 3 aromatic rings. The van der Waals surface area contributed by atoms with E-state index in [4.69, 9.17) is 0 Å². The van der Waals surface area contributed by atoms with Crippen LogP contribution in [0.5, 0.6) is 0 Å². The Bertz CT molecular complexity index is 849. The van der Waals surface area contributed by atoms with E-state index in [9.17, 15) is 9.59 Å². The highest BCUT2D eigenvalue weighted by Gasteiger charge is 2.19. The summed E-state index contributed by atoms with van der Waals surface area (Å²) in [5, 5.41) is 5.83. The molecule has 0 unspecified atom stereocenters. The van der Waals surface area contributed by atoms with Crippen molar-refractivity contribution in [3.8, 4) is 0 Å². The molecule has 0 aliphatic carbocycles. The number of carbonyl (C=O) groups is 2. The maximum atomic E-state index is 12.5. The van der Waals surface area contributed by atoms with Crippen molar-refractivity contribution in [3.63, 3.8) is 0 Å². The third-order valence-electron chi connectivity index (χ3n) is 3.99. The fourth-order valence-corrected chi connectivity index (χ4v) is 2.69. The van der Waals surface area contributed by atoms with Gasteiger partial charge in [-0.2, -0.15) is 0 Å². The number of para-hydroxylation sites is 1. The minimum absolute atomic E-state index is 0.150. The molecule has 26 heavy (non-hydrogen) atoms. The zero-order valence-electron chi connectivity index (χ0n) is 14.3. The number of hydrogen-bond donors (Lipinski definition) is 2. The van der Waals surface area contributed by atoms with Crippen LogP contribution in [0, 0.1) is 0 Å². The van der Waals surface area contributed by atoms with E-state index in [1.54, 1.807) is 12.1 Å². The summed E-state index contributed by atoms with van der Waals surface area (Å²) in [5.74, 6) is -0.356. The van der Waals surface area contributed by atoms with Gasteiger partial charge in [0.05, 0.1) is 12.5 Å². The van der Waals surface area contributed by atoms with Crippen molar-refractivity contribution in [2.24, 2.45) is 0 Å². The summed E-state index contributed by atoms with van der Waals surface area (Å²) in [7, 11) is 0. The average Bonchev–Trinajstić information content (AvgIpc) is 2.69. The van der Waals surface area contributed by atoms with E-state index in [1.165, 1.54) is 0 Å². The SMILES string of the molecule is O=C(C[C@H](NC(=O)c1ccccc1)c1ccccc1)Nc1ccccc1. The van der Waals surface area contributed by atoms with Crippen molar-refractivity contribution in [3.05, 3.63) is 102 Å². The number of hydrogen-bond acceptors (Lipinski definition) is 2. The molecule has 1 atom stereocenters. The fourth-order valence-electron chi connectivity index (χ4n) is 2.69. The first-order valence-electron chi connectivity index (χ1n) is 8.48. The molecule has 2 N–H and O–H groups in total. The Morgan fingerprint density at radius 2 is 1.27 bits per heavy atom. The van der Waals surface area contributed by atoms with Gasteiger partial charge in [0.15, 0.2) is 0 Å². The summed E-state index contributed by atoms with van der Waals surface area (Å²) in [5.41, 5.74) is 2.19. The van der Waals surface area contributed by atoms with Gasteiger partial charge in [-0.05, 0) is 29.8 Å². The third kappa shape index (κ3) is 4.80. The maximum Gasteiger partial charge on any atom is 0.251 e. The zero-order valence-corrected chi connectivity index (χ0v) is 14.3. The van der Waals surface area contributed by atoms with Crippen LogP contribution in [0.3, 0.4) is 0 Å². The lowest BCUT2D eigenvalue weighted by Gasteiger charge is -2.19. The summed E-state index contributed by atoms with van der Waals surface area (Å²) >= 11 is 0. The van der Waals surface area contributed by atoms with Gasteiger partial charge in [-0.3, -0.25) is 9.59 Å². The number of amides is 2. The second-order valence-corrected chi connectivity index (χ2v) is 5.92. The predicted molar refractivity (Wildman–Crippen MR) is 103 cm³/mol. The summed E-state index contributed by atoms with van der Waals surface area (Å²) in [6.07, 6.45) is 0.150. The molecule has 0 aromatic heterocycles. The van der Waals surface area contributed by atoms with Gasteiger partial charge in [-0.1, -0.05) is 66.7 Å². The first-order valence-corrected chi connectivity index (χ1v) is 8.48. The molecule has 0 heterocycles. The van der Waals surface area contributed by atoms with E-state index in [0.717, 1.165) is 11.3 Å². The largest absolute Gasteiger partial charge is 0.345 e. The fraction of sp³-hybridized carbons (Fsp3) is 0.0909. The molecular formula is C22H20N2O2. The first kappa shape index (κ1) is 17.4. The second kappa shape index (κ2) is 8.62. The summed E-state index contributed by atoms with van der Waals surface area (Å²) in [6, 6.07) is 27.4. The number of rotatable bonds is 6. The van der Waals surface area contributed by atoms with Crippen molar-refractivity contribution >= 4 is 17.5 Å². The van der Waals surface area contributed by atoms with Crippen LogP contribution in [-0.4, -0.2) is 11.8 Å². The van der Waals surface area contributed by atoms with Crippen LogP contribution in [0.4, 0.5) is 5.69 Å². The van der Waals surface area contributed by atoms with Gasteiger partial charge in [0, 0.05) is 11.3 Å². The molecular weight excluding hydrogens is 324 g/mol. The van der Waals surface area contributed by atoms with Crippen LogP contribution in [0.1, 0.15) is 28.4 Å².